The van der Waals surface area contributed by atoms with Crippen molar-refractivity contribution in [1.82, 2.24) is 0 Å². The third-order valence-electron chi connectivity index (χ3n) is 2.51. The second kappa shape index (κ2) is 6.47. The lowest BCUT2D eigenvalue weighted by Crippen LogP contribution is -2.18. The van der Waals surface area contributed by atoms with E-state index in [1.165, 1.54) is 0 Å². The van der Waals surface area contributed by atoms with E-state index >= 15 is 0 Å². The van der Waals surface area contributed by atoms with E-state index < -0.39 is 0 Å². The predicted molar refractivity (Wildman–Crippen MR) is 67.6 cm³/mol. The minimum absolute atomic E-state index is 0.109. The van der Waals surface area contributed by atoms with Crippen molar-refractivity contribution in [3.63, 3.8) is 0 Å². The fourth-order valence-electron chi connectivity index (χ4n) is 1.81. The van der Waals surface area contributed by atoms with Gasteiger partial charge in [-0.25, -0.2) is 0 Å². The lowest BCUT2D eigenvalue weighted by atomic mass is 10.0. The summed E-state index contributed by atoms with van der Waals surface area (Å²) in [4.78, 5) is 0. The van der Waals surface area contributed by atoms with E-state index in [4.69, 9.17) is 19.9 Å². The molecule has 0 fully saturated rings. The number of ether oxygens (including phenoxy) is 3. The normalized spacial score (nSPS) is 12.3. The number of benzene rings is 1. The van der Waals surface area contributed by atoms with Gasteiger partial charge in [-0.15, -0.1) is 0 Å². The standard InChI is InChI=1S/C13H21NO3/c1-9(14)5-10-6-12(16-3)11(8-15-2)13(7-10)17-4/h6-7,9H,5,8,14H2,1-4H3. The summed E-state index contributed by atoms with van der Waals surface area (Å²) < 4.78 is 15.9. The molecule has 17 heavy (non-hydrogen) atoms. The zero-order valence-corrected chi connectivity index (χ0v) is 10.9. The van der Waals surface area contributed by atoms with Gasteiger partial charge in [0.25, 0.3) is 0 Å². The molecule has 0 aromatic heterocycles. The van der Waals surface area contributed by atoms with E-state index in [1.807, 2.05) is 19.1 Å². The van der Waals surface area contributed by atoms with E-state index in [1.54, 1.807) is 21.3 Å². The fraction of sp³-hybridized carbons (Fsp3) is 0.538. The second-order valence-electron chi connectivity index (χ2n) is 4.09. The maximum Gasteiger partial charge on any atom is 0.128 e. The number of rotatable bonds is 6. The smallest absolute Gasteiger partial charge is 0.128 e. The van der Waals surface area contributed by atoms with Crippen LogP contribution in [0.1, 0.15) is 18.1 Å². The van der Waals surface area contributed by atoms with Gasteiger partial charge in [0, 0.05) is 13.2 Å². The van der Waals surface area contributed by atoms with Gasteiger partial charge >= 0.3 is 0 Å². The van der Waals surface area contributed by atoms with Gasteiger partial charge in [0.2, 0.25) is 0 Å². The molecule has 0 aliphatic carbocycles. The highest BCUT2D eigenvalue weighted by Crippen LogP contribution is 2.31. The minimum atomic E-state index is 0.109. The summed E-state index contributed by atoms with van der Waals surface area (Å²) in [5, 5.41) is 0. The molecule has 2 N–H and O–H groups in total. The van der Waals surface area contributed by atoms with Crippen LogP contribution in [0.2, 0.25) is 0 Å². The maximum absolute atomic E-state index is 5.80. The van der Waals surface area contributed by atoms with E-state index in [0.717, 1.165) is 29.0 Å². The van der Waals surface area contributed by atoms with E-state index in [9.17, 15) is 0 Å². The van der Waals surface area contributed by atoms with Gasteiger partial charge in [-0.3, -0.25) is 0 Å². The predicted octanol–water partition coefficient (Wildman–Crippen LogP) is 1.74. The summed E-state index contributed by atoms with van der Waals surface area (Å²) in [5.74, 6) is 1.56. The van der Waals surface area contributed by atoms with Crippen LogP contribution in [0.15, 0.2) is 12.1 Å². The molecule has 1 unspecified atom stereocenters. The van der Waals surface area contributed by atoms with Gasteiger partial charge in [-0.1, -0.05) is 0 Å². The van der Waals surface area contributed by atoms with Gasteiger partial charge in [-0.05, 0) is 31.0 Å². The quantitative estimate of drug-likeness (QED) is 0.821. The van der Waals surface area contributed by atoms with Crippen LogP contribution in [0.25, 0.3) is 0 Å². The van der Waals surface area contributed by atoms with Crippen LogP contribution in [-0.2, 0) is 17.8 Å². The fourth-order valence-corrected chi connectivity index (χ4v) is 1.81. The van der Waals surface area contributed by atoms with Crippen molar-refractivity contribution < 1.29 is 14.2 Å². The van der Waals surface area contributed by atoms with Crippen LogP contribution in [0, 0.1) is 0 Å². The summed E-state index contributed by atoms with van der Waals surface area (Å²) in [7, 11) is 4.93. The Morgan fingerprint density at radius 1 is 1.12 bits per heavy atom. The van der Waals surface area contributed by atoms with Crippen molar-refractivity contribution in [2.75, 3.05) is 21.3 Å². The average molecular weight is 239 g/mol. The minimum Gasteiger partial charge on any atom is -0.496 e. The Kier molecular flexibility index (Phi) is 5.25. The molecule has 0 saturated carbocycles. The highest BCUT2D eigenvalue weighted by molar-refractivity contribution is 5.48. The molecule has 0 heterocycles. The molecule has 0 bridgehead atoms. The maximum atomic E-state index is 5.80. The Morgan fingerprint density at radius 2 is 1.65 bits per heavy atom. The van der Waals surface area contributed by atoms with Crippen LogP contribution >= 0.6 is 0 Å². The first-order valence-corrected chi connectivity index (χ1v) is 5.60. The Bertz CT molecular complexity index is 339. The van der Waals surface area contributed by atoms with Crippen molar-refractivity contribution in [2.24, 2.45) is 5.73 Å². The van der Waals surface area contributed by atoms with Crippen LogP contribution in [0.4, 0.5) is 0 Å². The molecule has 1 atom stereocenters. The third kappa shape index (κ3) is 3.61. The Morgan fingerprint density at radius 3 is 2.00 bits per heavy atom. The van der Waals surface area contributed by atoms with Gasteiger partial charge in [-0.2, -0.15) is 0 Å². The molecule has 0 radical (unpaired) electrons. The zero-order chi connectivity index (χ0) is 12.8. The lowest BCUT2D eigenvalue weighted by molar-refractivity contribution is 0.178. The van der Waals surface area contributed by atoms with Crippen LogP contribution in [-0.4, -0.2) is 27.4 Å². The molecule has 0 aliphatic heterocycles. The van der Waals surface area contributed by atoms with Crippen molar-refractivity contribution in [3.05, 3.63) is 23.3 Å². The highest BCUT2D eigenvalue weighted by atomic mass is 16.5. The Labute approximate surface area is 103 Å². The molecule has 0 amide bonds. The molecule has 96 valence electrons. The van der Waals surface area contributed by atoms with Crippen LogP contribution < -0.4 is 15.2 Å². The number of hydrogen-bond donors (Lipinski definition) is 1. The third-order valence-corrected chi connectivity index (χ3v) is 2.51. The molecule has 1 aromatic rings. The Balaban J connectivity index is 3.13. The first-order chi connectivity index (χ1) is 8.12. The number of nitrogens with two attached hydrogens (primary N) is 1. The highest BCUT2D eigenvalue weighted by Gasteiger charge is 2.13. The summed E-state index contributed by atoms with van der Waals surface area (Å²) in [6.07, 6.45) is 0.792. The van der Waals surface area contributed by atoms with Crippen molar-refractivity contribution in [3.8, 4) is 11.5 Å². The second-order valence-corrected chi connectivity index (χ2v) is 4.09. The molecule has 4 heteroatoms. The average Bonchev–Trinajstić information content (AvgIpc) is 2.30. The monoisotopic (exact) mass is 239 g/mol. The van der Waals surface area contributed by atoms with Crippen molar-refractivity contribution in [2.45, 2.75) is 26.0 Å². The SMILES string of the molecule is COCc1c(OC)cc(CC(C)N)cc1OC. The summed E-state index contributed by atoms with van der Waals surface area (Å²) in [5.41, 5.74) is 7.83. The van der Waals surface area contributed by atoms with E-state index in [0.29, 0.717) is 6.61 Å². The zero-order valence-electron chi connectivity index (χ0n) is 10.9. The summed E-state index contributed by atoms with van der Waals surface area (Å²) in [6, 6.07) is 4.08. The van der Waals surface area contributed by atoms with Gasteiger partial charge in [0.15, 0.2) is 0 Å². The molecule has 0 aliphatic rings. The molecular weight excluding hydrogens is 218 g/mol. The topological polar surface area (TPSA) is 53.7 Å². The Hall–Kier alpha value is -1.26. The molecule has 1 aromatic carbocycles. The number of methoxy groups -OCH3 is 3. The first kappa shape index (κ1) is 13.8. The molecule has 0 spiro atoms. The first-order valence-electron chi connectivity index (χ1n) is 5.60. The van der Waals surface area contributed by atoms with Crippen molar-refractivity contribution >= 4 is 0 Å². The lowest BCUT2D eigenvalue weighted by Gasteiger charge is -2.15. The van der Waals surface area contributed by atoms with Gasteiger partial charge in [0.1, 0.15) is 11.5 Å². The number of hydrogen-bond acceptors (Lipinski definition) is 4. The summed E-state index contributed by atoms with van der Waals surface area (Å²) in [6.45, 7) is 2.44. The van der Waals surface area contributed by atoms with Crippen LogP contribution in [0.5, 0.6) is 11.5 Å². The molecule has 4 nitrogen and oxygen atoms in total. The summed E-state index contributed by atoms with van der Waals surface area (Å²) >= 11 is 0. The van der Waals surface area contributed by atoms with Gasteiger partial charge < -0.3 is 19.9 Å². The van der Waals surface area contributed by atoms with Gasteiger partial charge in [0.05, 0.1) is 26.4 Å². The van der Waals surface area contributed by atoms with Crippen LogP contribution in [0.3, 0.4) is 0 Å². The molecule has 0 saturated heterocycles. The molecule has 1 rings (SSSR count). The van der Waals surface area contributed by atoms with E-state index in [-0.39, 0.29) is 6.04 Å². The largest absolute Gasteiger partial charge is 0.496 e. The van der Waals surface area contributed by atoms with E-state index in [2.05, 4.69) is 0 Å². The van der Waals surface area contributed by atoms with Crippen molar-refractivity contribution in [1.29, 1.82) is 0 Å². The molecular formula is C13H21NO3.